The fraction of sp³-hybridized carbons (Fsp3) is 0.286. The molecule has 0 saturated carbocycles. The fourth-order valence-corrected chi connectivity index (χ4v) is 2.74. The summed E-state index contributed by atoms with van der Waals surface area (Å²) in [6.45, 7) is 5.60. The number of benzene rings is 2. The topological polar surface area (TPSA) is 44.4 Å². The molecule has 0 spiro atoms. The molecule has 0 aromatic heterocycles. The lowest BCUT2D eigenvalue weighted by atomic mass is 10.1. The van der Waals surface area contributed by atoms with Crippen LogP contribution < -0.4 is 15.5 Å². The van der Waals surface area contributed by atoms with Crippen molar-refractivity contribution in [1.29, 1.82) is 0 Å². The zero-order valence-electron chi connectivity index (χ0n) is 16.5. The van der Waals surface area contributed by atoms with Crippen LogP contribution in [0.4, 0.5) is 30.2 Å². The summed E-state index contributed by atoms with van der Waals surface area (Å²) in [4.78, 5) is 14.2. The Morgan fingerprint density at radius 2 is 1.79 bits per heavy atom. The number of amides is 1. The van der Waals surface area contributed by atoms with Crippen LogP contribution in [0, 0.1) is 6.92 Å². The largest absolute Gasteiger partial charge is 0.416 e. The number of anilines is 3. The highest BCUT2D eigenvalue weighted by Crippen LogP contribution is 2.33. The number of hydrogen-bond acceptors (Lipinski definition) is 3. The molecule has 0 aliphatic rings. The van der Waals surface area contributed by atoms with Crippen LogP contribution >= 0.6 is 0 Å². The minimum absolute atomic E-state index is 0.0644. The smallest absolute Gasteiger partial charge is 0.388 e. The van der Waals surface area contributed by atoms with Crippen LogP contribution in [-0.2, 0) is 6.18 Å². The van der Waals surface area contributed by atoms with E-state index in [-0.39, 0.29) is 11.3 Å². The molecule has 1 amide bonds. The van der Waals surface area contributed by atoms with Crippen LogP contribution in [0.3, 0.4) is 0 Å². The lowest BCUT2D eigenvalue weighted by Crippen LogP contribution is -2.17. The van der Waals surface area contributed by atoms with Crippen molar-refractivity contribution in [2.75, 3.05) is 29.6 Å². The van der Waals surface area contributed by atoms with Gasteiger partial charge in [0.15, 0.2) is 0 Å². The number of halogens is 3. The van der Waals surface area contributed by atoms with Crippen molar-refractivity contribution in [3.8, 4) is 0 Å². The Morgan fingerprint density at radius 1 is 1.11 bits per heavy atom. The molecule has 0 radical (unpaired) electrons. The fourth-order valence-electron chi connectivity index (χ4n) is 2.74. The van der Waals surface area contributed by atoms with Crippen molar-refractivity contribution >= 4 is 23.0 Å². The summed E-state index contributed by atoms with van der Waals surface area (Å²) in [6, 6.07) is 8.59. The molecule has 0 saturated heterocycles. The zero-order chi connectivity index (χ0) is 21.1. The van der Waals surface area contributed by atoms with E-state index in [0.717, 1.165) is 29.0 Å². The Labute approximate surface area is 163 Å². The van der Waals surface area contributed by atoms with Crippen molar-refractivity contribution in [2.24, 2.45) is 0 Å². The second-order valence-electron chi connectivity index (χ2n) is 6.82. The van der Waals surface area contributed by atoms with E-state index in [2.05, 4.69) is 10.6 Å². The predicted octanol–water partition coefficient (Wildman–Crippen LogP) is 5.67. The van der Waals surface area contributed by atoms with Gasteiger partial charge in [-0.2, -0.15) is 13.2 Å². The average molecular weight is 391 g/mol. The van der Waals surface area contributed by atoms with Crippen LogP contribution in [0.25, 0.3) is 0 Å². The number of nitrogens with one attached hydrogen (secondary N) is 2. The molecule has 0 unspecified atom stereocenters. The van der Waals surface area contributed by atoms with Gasteiger partial charge in [0.05, 0.1) is 5.56 Å². The van der Waals surface area contributed by atoms with E-state index in [0.29, 0.717) is 5.69 Å². The lowest BCUT2D eigenvalue weighted by molar-refractivity contribution is -0.137. The van der Waals surface area contributed by atoms with Crippen molar-refractivity contribution in [1.82, 2.24) is 0 Å². The van der Waals surface area contributed by atoms with Crippen molar-refractivity contribution in [3.05, 3.63) is 64.9 Å². The Balaban J connectivity index is 2.42. The summed E-state index contributed by atoms with van der Waals surface area (Å²) in [5, 5.41) is 5.67. The van der Waals surface area contributed by atoms with Crippen LogP contribution in [0.2, 0.25) is 0 Å². The zero-order valence-corrected chi connectivity index (χ0v) is 16.5. The third kappa shape index (κ3) is 5.28. The Hall–Kier alpha value is -2.96. The van der Waals surface area contributed by atoms with E-state index in [9.17, 15) is 18.0 Å². The van der Waals surface area contributed by atoms with E-state index in [1.165, 1.54) is 6.07 Å². The van der Waals surface area contributed by atoms with Gasteiger partial charge >= 0.3 is 6.18 Å². The number of allylic oxidation sites excluding steroid dienone is 1. The molecule has 0 aliphatic heterocycles. The summed E-state index contributed by atoms with van der Waals surface area (Å²) in [5.74, 6) is -0.608. The second-order valence-corrected chi connectivity index (χ2v) is 6.82. The lowest BCUT2D eigenvalue weighted by Gasteiger charge is -2.19. The highest BCUT2D eigenvalue weighted by molar-refractivity contribution is 6.05. The molecule has 0 bridgehead atoms. The van der Waals surface area contributed by atoms with Gasteiger partial charge in [0.25, 0.3) is 5.91 Å². The summed E-state index contributed by atoms with van der Waals surface area (Å²) >= 11 is 0. The SMILES string of the molecule is CNc1cc(NC(=O)c2cc(N(C)C=C(C)C)cc(C(F)(F)F)c2)ccc1C. The number of aryl methyl sites for hydroxylation is 1. The molecule has 28 heavy (non-hydrogen) atoms. The van der Waals surface area contributed by atoms with Gasteiger partial charge in [0.2, 0.25) is 0 Å². The number of nitrogens with zero attached hydrogens (tertiary/aromatic N) is 1. The summed E-state index contributed by atoms with van der Waals surface area (Å²) in [5.41, 5.74) is 2.58. The van der Waals surface area contributed by atoms with Gasteiger partial charge in [-0.1, -0.05) is 11.6 Å². The number of rotatable bonds is 5. The Bertz CT molecular complexity index is 900. The highest BCUT2D eigenvalue weighted by Gasteiger charge is 2.32. The number of carbonyl (C=O) groups is 1. The summed E-state index contributed by atoms with van der Waals surface area (Å²) < 4.78 is 40.0. The Morgan fingerprint density at radius 3 is 2.36 bits per heavy atom. The van der Waals surface area contributed by atoms with Crippen molar-refractivity contribution in [2.45, 2.75) is 26.9 Å². The van der Waals surface area contributed by atoms with Crippen molar-refractivity contribution in [3.63, 3.8) is 0 Å². The van der Waals surface area contributed by atoms with E-state index in [1.807, 2.05) is 26.8 Å². The van der Waals surface area contributed by atoms with Gasteiger partial charge in [0, 0.05) is 42.9 Å². The van der Waals surface area contributed by atoms with Crippen LogP contribution in [0.5, 0.6) is 0 Å². The van der Waals surface area contributed by atoms with Crippen molar-refractivity contribution < 1.29 is 18.0 Å². The van der Waals surface area contributed by atoms with Gasteiger partial charge in [0.1, 0.15) is 0 Å². The molecular weight excluding hydrogens is 367 g/mol. The molecule has 4 nitrogen and oxygen atoms in total. The molecule has 150 valence electrons. The maximum atomic E-state index is 13.3. The Kier molecular flexibility index (Phi) is 6.38. The molecule has 0 atom stereocenters. The number of carbonyl (C=O) groups excluding carboxylic acids is 1. The van der Waals surface area contributed by atoms with Crippen LogP contribution in [0.15, 0.2) is 48.2 Å². The first-order valence-corrected chi connectivity index (χ1v) is 8.71. The average Bonchev–Trinajstić information content (AvgIpc) is 2.61. The molecule has 2 N–H and O–H groups in total. The minimum Gasteiger partial charge on any atom is -0.388 e. The first-order chi connectivity index (χ1) is 13.0. The molecule has 0 heterocycles. The molecule has 2 aromatic rings. The van der Waals surface area contributed by atoms with E-state index < -0.39 is 17.6 Å². The first-order valence-electron chi connectivity index (χ1n) is 8.71. The highest BCUT2D eigenvalue weighted by atomic mass is 19.4. The quantitative estimate of drug-likeness (QED) is 0.690. The first kappa shape index (κ1) is 21.3. The van der Waals surface area contributed by atoms with E-state index >= 15 is 0 Å². The molecule has 0 fully saturated rings. The number of alkyl halides is 3. The number of hydrogen-bond donors (Lipinski definition) is 2. The molecule has 2 aromatic carbocycles. The maximum Gasteiger partial charge on any atom is 0.416 e. The minimum atomic E-state index is -4.56. The van der Waals surface area contributed by atoms with Gasteiger partial charge in [-0.15, -0.1) is 0 Å². The molecular formula is C21H24F3N3O. The third-order valence-electron chi connectivity index (χ3n) is 4.13. The standard InChI is InChI=1S/C21H24F3N3O/c1-13(2)12-27(5)18-9-15(8-16(10-18)21(22,23)24)20(28)26-17-7-6-14(3)19(11-17)25-4/h6-12,25H,1-5H3,(H,26,28). The van der Waals surface area contributed by atoms with Crippen LogP contribution in [-0.4, -0.2) is 20.0 Å². The summed E-state index contributed by atoms with van der Waals surface area (Å²) in [6.07, 6.45) is -2.85. The molecule has 7 heteroatoms. The second kappa shape index (κ2) is 8.37. The molecule has 0 aliphatic carbocycles. The predicted molar refractivity (Wildman–Crippen MR) is 108 cm³/mol. The van der Waals surface area contributed by atoms with E-state index in [1.54, 1.807) is 37.3 Å². The van der Waals surface area contributed by atoms with E-state index in [4.69, 9.17) is 0 Å². The third-order valence-corrected chi connectivity index (χ3v) is 4.13. The van der Waals surface area contributed by atoms with Gasteiger partial charge in [-0.3, -0.25) is 4.79 Å². The molecule has 2 rings (SSSR count). The van der Waals surface area contributed by atoms with Gasteiger partial charge < -0.3 is 15.5 Å². The summed E-state index contributed by atoms with van der Waals surface area (Å²) in [7, 11) is 3.40. The van der Waals surface area contributed by atoms with Crippen LogP contribution in [0.1, 0.15) is 35.3 Å². The monoisotopic (exact) mass is 391 g/mol. The van der Waals surface area contributed by atoms with Gasteiger partial charge in [-0.05, 0) is 56.7 Å². The maximum absolute atomic E-state index is 13.3. The normalized spacial score (nSPS) is 11.0. The van der Waals surface area contributed by atoms with Gasteiger partial charge in [-0.25, -0.2) is 0 Å².